The largest absolute Gasteiger partial charge is 0.398 e. The van der Waals surface area contributed by atoms with Crippen LogP contribution in [0, 0.1) is 0 Å². The van der Waals surface area contributed by atoms with Crippen molar-refractivity contribution in [2.24, 2.45) is 0 Å². The summed E-state index contributed by atoms with van der Waals surface area (Å²) in [6.07, 6.45) is 3.42. The Morgan fingerprint density at radius 1 is 1.03 bits per heavy atom. The SMILES string of the molecule is CNC(=O)c1cc(-c2ccc(NCCCN3C(=O)C4=CCC(C)c5cccc(c54)C3=O)cc2)ccc1N. The lowest BCUT2D eigenvalue weighted by atomic mass is 9.79. The van der Waals surface area contributed by atoms with Gasteiger partial charge in [0.25, 0.3) is 17.7 Å². The van der Waals surface area contributed by atoms with Crippen LogP contribution in [0.2, 0.25) is 0 Å². The molecule has 3 aromatic carbocycles. The average Bonchev–Trinajstić information content (AvgIpc) is 2.92. The van der Waals surface area contributed by atoms with Gasteiger partial charge in [0.1, 0.15) is 0 Å². The number of carbonyl (C=O) groups is 3. The zero-order chi connectivity index (χ0) is 26.1. The van der Waals surface area contributed by atoms with Crippen LogP contribution in [0.1, 0.15) is 57.5 Å². The number of nitrogens with one attached hydrogen (secondary N) is 2. The van der Waals surface area contributed by atoms with E-state index in [0.717, 1.165) is 34.4 Å². The van der Waals surface area contributed by atoms with Crippen molar-refractivity contribution >= 4 is 34.7 Å². The number of nitrogens with two attached hydrogens (primary N) is 1. The first-order chi connectivity index (χ1) is 17.9. The van der Waals surface area contributed by atoms with Crippen molar-refractivity contribution in [2.75, 3.05) is 31.2 Å². The molecule has 1 aliphatic heterocycles. The summed E-state index contributed by atoms with van der Waals surface area (Å²) < 4.78 is 0. The molecule has 1 aliphatic carbocycles. The topological polar surface area (TPSA) is 105 Å². The molecule has 3 amide bonds. The average molecular weight is 495 g/mol. The molecule has 7 nitrogen and oxygen atoms in total. The third kappa shape index (κ3) is 4.48. The van der Waals surface area contributed by atoms with Gasteiger partial charge in [-0.15, -0.1) is 0 Å². The molecule has 0 saturated heterocycles. The Balaban J connectivity index is 1.21. The number of nitrogen functional groups attached to an aromatic ring is 1. The van der Waals surface area contributed by atoms with E-state index in [4.69, 9.17) is 5.73 Å². The monoisotopic (exact) mass is 494 g/mol. The normalized spacial score (nSPS) is 16.2. The highest BCUT2D eigenvalue weighted by Gasteiger charge is 2.37. The maximum absolute atomic E-state index is 13.1. The fraction of sp³-hybridized carbons (Fsp3) is 0.233. The minimum Gasteiger partial charge on any atom is -0.398 e. The van der Waals surface area contributed by atoms with Gasteiger partial charge in [0.05, 0.1) is 5.56 Å². The molecule has 0 fully saturated rings. The maximum atomic E-state index is 13.1. The predicted octanol–water partition coefficient (Wildman–Crippen LogP) is 4.67. The first-order valence-electron chi connectivity index (χ1n) is 12.5. The lowest BCUT2D eigenvalue weighted by Crippen LogP contribution is -2.43. The van der Waals surface area contributed by atoms with Crippen LogP contribution in [-0.2, 0) is 4.79 Å². The Kier molecular flexibility index (Phi) is 6.53. The Morgan fingerprint density at radius 2 is 1.78 bits per heavy atom. The van der Waals surface area contributed by atoms with Crippen LogP contribution < -0.4 is 16.4 Å². The number of nitrogens with zero attached hydrogens (tertiary/aromatic N) is 1. The molecule has 4 N–H and O–H groups in total. The lowest BCUT2D eigenvalue weighted by molar-refractivity contribution is -0.122. The second-order valence-corrected chi connectivity index (χ2v) is 9.53. The molecule has 0 radical (unpaired) electrons. The molecule has 7 heteroatoms. The van der Waals surface area contributed by atoms with Gasteiger partial charge in [0.2, 0.25) is 0 Å². The Bertz CT molecular complexity index is 1430. The summed E-state index contributed by atoms with van der Waals surface area (Å²) in [6, 6.07) is 19.1. The van der Waals surface area contributed by atoms with E-state index in [9.17, 15) is 14.4 Å². The third-order valence-corrected chi connectivity index (χ3v) is 7.15. The summed E-state index contributed by atoms with van der Waals surface area (Å²) in [5, 5.41) is 5.97. The van der Waals surface area contributed by atoms with Crippen LogP contribution in [0.4, 0.5) is 11.4 Å². The molecule has 5 rings (SSSR count). The van der Waals surface area contributed by atoms with Gasteiger partial charge in [-0.3, -0.25) is 19.3 Å². The van der Waals surface area contributed by atoms with Gasteiger partial charge >= 0.3 is 0 Å². The van der Waals surface area contributed by atoms with Gasteiger partial charge in [-0.25, -0.2) is 0 Å². The van der Waals surface area contributed by atoms with Gasteiger partial charge in [0, 0.05) is 48.2 Å². The summed E-state index contributed by atoms with van der Waals surface area (Å²) in [6.45, 7) is 3.09. The molecule has 0 saturated carbocycles. The number of allylic oxidation sites excluding steroid dienone is 1. The number of hydrogen-bond acceptors (Lipinski definition) is 5. The number of rotatable bonds is 7. The summed E-state index contributed by atoms with van der Waals surface area (Å²) >= 11 is 0. The number of imide groups is 1. The van der Waals surface area contributed by atoms with Gasteiger partial charge < -0.3 is 16.4 Å². The highest BCUT2D eigenvalue weighted by atomic mass is 16.2. The fourth-order valence-corrected chi connectivity index (χ4v) is 5.08. The molecular weight excluding hydrogens is 464 g/mol. The van der Waals surface area contributed by atoms with Crippen molar-refractivity contribution in [3.05, 3.63) is 89.0 Å². The summed E-state index contributed by atoms with van der Waals surface area (Å²) in [7, 11) is 1.58. The highest BCUT2D eigenvalue weighted by Crippen LogP contribution is 2.40. The van der Waals surface area contributed by atoms with Crippen molar-refractivity contribution in [3.8, 4) is 11.1 Å². The standard InChI is InChI=1S/C30H30N4O3/c1-18-7-13-24-27-22(18)5-3-6-23(27)29(36)34(30(24)37)16-4-15-33-21-11-8-19(9-12-21)20-10-14-26(31)25(17-20)28(35)32-2/h3,5-6,8-14,17-18,33H,4,7,15-16,31H2,1-2H3,(H,32,35). The Hall–Kier alpha value is -4.39. The summed E-state index contributed by atoms with van der Waals surface area (Å²) in [5.41, 5.74) is 12.8. The zero-order valence-corrected chi connectivity index (χ0v) is 21.0. The van der Waals surface area contributed by atoms with Crippen LogP contribution in [-0.4, -0.2) is 42.8 Å². The third-order valence-electron chi connectivity index (χ3n) is 7.15. The molecular formula is C30H30N4O3. The second-order valence-electron chi connectivity index (χ2n) is 9.53. The maximum Gasteiger partial charge on any atom is 0.261 e. The van der Waals surface area contributed by atoms with Gasteiger partial charge in [-0.05, 0) is 65.8 Å². The quantitative estimate of drug-likeness (QED) is 0.252. The van der Waals surface area contributed by atoms with E-state index in [2.05, 4.69) is 17.6 Å². The van der Waals surface area contributed by atoms with Gasteiger partial charge in [0.15, 0.2) is 0 Å². The smallest absolute Gasteiger partial charge is 0.261 e. The van der Waals surface area contributed by atoms with Crippen molar-refractivity contribution in [1.82, 2.24) is 10.2 Å². The van der Waals surface area contributed by atoms with E-state index in [1.165, 1.54) is 4.90 Å². The molecule has 0 spiro atoms. The van der Waals surface area contributed by atoms with Crippen LogP contribution in [0.15, 0.2) is 66.7 Å². The number of anilines is 2. The lowest BCUT2D eigenvalue weighted by Gasteiger charge is -2.33. The zero-order valence-electron chi connectivity index (χ0n) is 21.0. The van der Waals surface area contributed by atoms with Crippen molar-refractivity contribution in [3.63, 3.8) is 0 Å². The molecule has 0 aromatic heterocycles. The van der Waals surface area contributed by atoms with Crippen molar-refractivity contribution < 1.29 is 14.4 Å². The number of amides is 3. The van der Waals surface area contributed by atoms with Crippen LogP contribution in [0.5, 0.6) is 0 Å². The van der Waals surface area contributed by atoms with Crippen LogP contribution in [0.3, 0.4) is 0 Å². The Morgan fingerprint density at radius 3 is 2.54 bits per heavy atom. The molecule has 0 bridgehead atoms. The molecule has 1 atom stereocenters. The number of benzene rings is 3. The minimum absolute atomic E-state index is 0.194. The van der Waals surface area contributed by atoms with E-state index in [-0.39, 0.29) is 17.7 Å². The van der Waals surface area contributed by atoms with Crippen molar-refractivity contribution in [2.45, 2.75) is 25.7 Å². The van der Waals surface area contributed by atoms with Crippen molar-refractivity contribution in [1.29, 1.82) is 0 Å². The Labute approximate surface area is 216 Å². The molecule has 188 valence electrons. The van der Waals surface area contributed by atoms with E-state index < -0.39 is 0 Å². The fourth-order valence-electron chi connectivity index (χ4n) is 5.08. The minimum atomic E-state index is -0.221. The summed E-state index contributed by atoms with van der Waals surface area (Å²) in [5.74, 6) is -0.321. The molecule has 37 heavy (non-hydrogen) atoms. The number of carbonyl (C=O) groups excluding carboxylic acids is 3. The van der Waals surface area contributed by atoms with E-state index >= 15 is 0 Å². The second kappa shape index (κ2) is 9.93. The van der Waals surface area contributed by atoms with Crippen LogP contribution in [0.25, 0.3) is 16.7 Å². The first-order valence-corrected chi connectivity index (χ1v) is 12.5. The van der Waals surface area contributed by atoms with Crippen LogP contribution >= 0.6 is 0 Å². The molecule has 1 heterocycles. The summed E-state index contributed by atoms with van der Waals surface area (Å²) in [4.78, 5) is 39.7. The van der Waals surface area contributed by atoms with E-state index in [0.29, 0.717) is 47.8 Å². The van der Waals surface area contributed by atoms with Gasteiger partial charge in [-0.2, -0.15) is 0 Å². The first kappa shape index (κ1) is 24.3. The number of hydrogen-bond donors (Lipinski definition) is 3. The van der Waals surface area contributed by atoms with E-state index in [1.54, 1.807) is 19.2 Å². The molecule has 1 unspecified atom stereocenters. The highest BCUT2D eigenvalue weighted by molar-refractivity contribution is 6.31. The van der Waals surface area contributed by atoms with Gasteiger partial charge in [-0.1, -0.05) is 43.3 Å². The molecule has 3 aromatic rings. The predicted molar refractivity (Wildman–Crippen MR) is 146 cm³/mol. The van der Waals surface area contributed by atoms with E-state index in [1.807, 2.05) is 54.6 Å². The molecule has 2 aliphatic rings.